The fraction of sp³-hybridized carbons (Fsp3) is 0.312. The molecular formula is C16H19BrN2O4. The second-order valence-electron chi connectivity index (χ2n) is 5.03. The van der Waals surface area contributed by atoms with Crippen LogP contribution in [0.5, 0.6) is 11.5 Å². The van der Waals surface area contributed by atoms with E-state index in [1.807, 2.05) is 0 Å². The van der Waals surface area contributed by atoms with Crippen molar-refractivity contribution < 1.29 is 19.4 Å². The molecule has 0 spiro atoms. The summed E-state index contributed by atoms with van der Waals surface area (Å²) >= 11 is 3.29. The van der Waals surface area contributed by atoms with Gasteiger partial charge in [-0.15, -0.1) is 0 Å². The number of nitrogens with one attached hydrogen (secondary N) is 2. The molecule has 2 unspecified atom stereocenters. The van der Waals surface area contributed by atoms with Gasteiger partial charge in [-0.05, 0) is 41.1 Å². The van der Waals surface area contributed by atoms with E-state index in [0.29, 0.717) is 27.1 Å². The quantitative estimate of drug-likeness (QED) is 0.716. The van der Waals surface area contributed by atoms with Crippen LogP contribution in [0.2, 0.25) is 0 Å². The van der Waals surface area contributed by atoms with Crippen LogP contribution in [0.15, 0.2) is 35.1 Å². The number of hydrogen-bond acceptors (Lipinski definition) is 4. The number of H-pyrrole nitrogens is 1. The monoisotopic (exact) mass is 382 g/mol. The van der Waals surface area contributed by atoms with Gasteiger partial charge in [-0.3, -0.25) is 4.79 Å². The van der Waals surface area contributed by atoms with E-state index in [-0.39, 0.29) is 5.91 Å². The lowest BCUT2D eigenvalue weighted by Gasteiger charge is -2.22. The molecule has 0 saturated carbocycles. The fourth-order valence-corrected chi connectivity index (χ4v) is 2.65. The van der Waals surface area contributed by atoms with Crippen molar-refractivity contribution in [2.45, 2.75) is 19.1 Å². The fourth-order valence-electron chi connectivity index (χ4n) is 2.22. The highest BCUT2D eigenvalue weighted by molar-refractivity contribution is 9.10. The number of halogens is 1. The zero-order valence-electron chi connectivity index (χ0n) is 13.1. The van der Waals surface area contributed by atoms with Crippen LogP contribution in [0, 0.1) is 0 Å². The van der Waals surface area contributed by atoms with Gasteiger partial charge in [0.1, 0.15) is 17.6 Å². The number of ether oxygens (including phenoxy) is 2. The van der Waals surface area contributed by atoms with Crippen LogP contribution in [0.25, 0.3) is 0 Å². The van der Waals surface area contributed by atoms with Crippen LogP contribution in [0.1, 0.15) is 28.9 Å². The van der Waals surface area contributed by atoms with Crippen molar-refractivity contribution in [2.75, 3.05) is 14.2 Å². The minimum Gasteiger partial charge on any atom is -0.497 e. The smallest absolute Gasteiger partial charge is 0.254 e. The zero-order valence-corrected chi connectivity index (χ0v) is 14.7. The van der Waals surface area contributed by atoms with Crippen LogP contribution in [-0.4, -0.2) is 36.3 Å². The lowest BCUT2D eigenvalue weighted by Crippen LogP contribution is -2.37. The molecule has 0 bridgehead atoms. The van der Waals surface area contributed by atoms with E-state index in [9.17, 15) is 9.90 Å². The molecular weight excluding hydrogens is 364 g/mol. The summed E-state index contributed by atoms with van der Waals surface area (Å²) in [4.78, 5) is 15.1. The SMILES string of the molecule is COc1ccc(OC)c(C(O)C(C)NC(=O)c2c[nH]cc2Br)c1. The molecule has 1 heterocycles. The first-order valence-electron chi connectivity index (χ1n) is 7.01. The van der Waals surface area contributed by atoms with E-state index in [0.717, 1.165) is 0 Å². The molecule has 2 rings (SSSR count). The van der Waals surface area contributed by atoms with Crippen LogP contribution < -0.4 is 14.8 Å². The first-order valence-corrected chi connectivity index (χ1v) is 7.80. The van der Waals surface area contributed by atoms with E-state index in [1.165, 1.54) is 7.11 Å². The number of aliphatic hydroxyl groups is 1. The molecule has 2 aromatic rings. The second-order valence-corrected chi connectivity index (χ2v) is 5.89. The average Bonchev–Trinajstić information content (AvgIpc) is 2.99. The van der Waals surface area contributed by atoms with Gasteiger partial charge in [-0.2, -0.15) is 0 Å². The highest BCUT2D eigenvalue weighted by atomic mass is 79.9. The predicted molar refractivity (Wildman–Crippen MR) is 89.9 cm³/mol. The first kappa shape index (κ1) is 17.4. The minimum atomic E-state index is -0.943. The Morgan fingerprint density at radius 2 is 2.04 bits per heavy atom. The number of benzene rings is 1. The third-order valence-electron chi connectivity index (χ3n) is 3.53. The second kappa shape index (κ2) is 7.52. The summed E-state index contributed by atoms with van der Waals surface area (Å²) in [7, 11) is 3.07. The van der Waals surface area contributed by atoms with E-state index < -0.39 is 12.1 Å². The maximum Gasteiger partial charge on any atom is 0.254 e. The van der Waals surface area contributed by atoms with Crippen molar-refractivity contribution in [1.82, 2.24) is 10.3 Å². The Balaban J connectivity index is 2.17. The molecule has 0 aliphatic carbocycles. The predicted octanol–water partition coefficient (Wildman–Crippen LogP) is 2.65. The van der Waals surface area contributed by atoms with Gasteiger partial charge in [0.2, 0.25) is 0 Å². The van der Waals surface area contributed by atoms with Crippen molar-refractivity contribution in [3.05, 3.63) is 46.2 Å². The highest BCUT2D eigenvalue weighted by Crippen LogP contribution is 2.31. The van der Waals surface area contributed by atoms with Crippen LogP contribution in [0.4, 0.5) is 0 Å². The molecule has 0 fully saturated rings. The molecule has 0 radical (unpaired) electrons. The Hall–Kier alpha value is -1.99. The normalized spacial score (nSPS) is 13.3. The van der Waals surface area contributed by atoms with Gasteiger partial charge in [0.25, 0.3) is 5.91 Å². The molecule has 0 aliphatic heterocycles. The summed E-state index contributed by atoms with van der Waals surface area (Å²) < 4.78 is 11.1. The lowest BCUT2D eigenvalue weighted by atomic mass is 10.0. The van der Waals surface area contributed by atoms with Crippen molar-refractivity contribution in [3.63, 3.8) is 0 Å². The minimum absolute atomic E-state index is 0.286. The van der Waals surface area contributed by atoms with Gasteiger partial charge in [0, 0.05) is 22.4 Å². The summed E-state index contributed by atoms with van der Waals surface area (Å²) in [6.45, 7) is 1.72. The Labute approximate surface area is 142 Å². The maximum absolute atomic E-state index is 12.2. The van der Waals surface area contributed by atoms with Crippen molar-refractivity contribution in [3.8, 4) is 11.5 Å². The van der Waals surface area contributed by atoms with Gasteiger partial charge in [-0.1, -0.05) is 0 Å². The average molecular weight is 383 g/mol. The Kier molecular flexibility index (Phi) is 5.68. The molecule has 0 saturated heterocycles. The van der Waals surface area contributed by atoms with Gasteiger partial charge < -0.3 is 24.9 Å². The van der Waals surface area contributed by atoms with Gasteiger partial charge in [0.15, 0.2) is 0 Å². The molecule has 1 aromatic heterocycles. The molecule has 0 aliphatic rings. The number of aromatic nitrogens is 1. The topological polar surface area (TPSA) is 83.6 Å². The van der Waals surface area contributed by atoms with Gasteiger partial charge >= 0.3 is 0 Å². The molecule has 2 atom stereocenters. The van der Waals surface area contributed by atoms with Crippen molar-refractivity contribution in [2.24, 2.45) is 0 Å². The number of hydrogen-bond donors (Lipinski definition) is 3. The zero-order chi connectivity index (χ0) is 17.0. The van der Waals surface area contributed by atoms with Crippen LogP contribution in [-0.2, 0) is 0 Å². The molecule has 7 heteroatoms. The Bertz CT molecular complexity index is 686. The Morgan fingerprint density at radius 1 is 1.30 bits per heavy atom. The largest absolute Gasteiger partial charge is 0.497 e. The van der Waals surface area contributed by atoms with Gasteiger partial charge in [0.05, 0.1) is 25.8 Å². The lowest BCUT2D eigenvalue weighted by molar-refractivity contribution is 0.0847. The molecule has 1 aromatic carbocycles. The summed E-state index contributed by atoms with van der Waals surface area (Å²) in [5.41, 5.74) is 1.02. The number of methoxy groups -OCH3 is 2. The highest BCUT2D eigenvalue weighted by Gasteiger charge is 2.23. The molecule has 6 nitrogen and oxygen atoms in total. The van der Waals surface area contributed by atoms with E-state index in [1.54, 1.807) is 44.6 Å². The van der Waals surface area contributed by atoms with E-state index in [2.05, 4.69) is 26.2 Å². The summed E-state index contributed by atoms with van der Waals surface area (Å²) in [6, 6.07) is 4.63. The summed E-state index contributed by atoms with van der Waals surface area (Å²) in [6.07, 6.45) is 2.31. The van der Waals surface area contributed by atoms with Crippen molar-refractivity contribution in [1.29, 1.82) is 0 Å². The number of aromatic amines is 1. The maximum atomic E-state index is 12.2. The third kappa shape index (κ3) is 3.86. The van der Waals surface area contributed by atoms with E-state index in [4.69, 9.17) is 9.47 Å². The first-order chi connectivity index (χ1) is 11.0. The molecule has 1 amide bonds. The van der Waals surface area contributed by atoms with E-state index >= 15 is 0 Å². The number of amides is 1. The van der Waals surface area contributed by atoms with Crippen molar-refractivity contribution >= 4 is 21.8 Å². The Morgan fingerprint density at radius 3 is 2.61 bits per heavy atom. The van der Waals surface area contributed by atoms with Crippen LogP contribution >= 0.6 is 15.9 Å². The number of carbonyl (C=O) groups excluding carboxylic acids is 1. The molecule has 23 heavy (non-hydrogen) atoms. The number of rotatable bonds is 6. The third-order valence-corrected chi connectivity index (χ3v) is 4.18. The number of aliphatic hydroxyl groups excluding tert-OH is 1. The molecule has 124 valence electrons. The number of carbonyl (C=O) groups is 1. The summed E-state index contributed by atoms with van der Waals surface area (Å²) in [5.74, 6) is 0.848. The van der Waals surface area contributed by atoms with Crippen LogP contribution in [0.3, 0.4) is 0 Å². The standard InChI is InChI=1S/C16H19BrN2O4/c1-9(19-16(21)12-7-18-8-13(12)17)15(20)11-6-10(22-2)4-5-14(11)23-3/h4-9,15,18,20H,1-3H3,(H,19,21). The summed E-state index contributed by atoms with van der Waals surface area (Å²) in [5, 5.41) is 13.3. The van der Waals surface area contributed by atoms with Gasteiger partial charge in [-0.25, -0.2) is 0 Å². The molecule has 3 N–H and O–H groups in total.